The van der Waals surface area contributed by atoms with E-state index in [-0.39, 0.29) is 17.2 Å². The second-order valence-electron chi connectivity index (χ2n) is 5.17. The fourth-order valence-electron chi connectivity index (χ4n) is 2.25. The van der Waals surface area contributed by atoms with Crippen molar-refractivity contribution in [3.05, 3.63) is 69.1 Å². The molecule has 0 fully saturated rings. The first-order valence-corrected chi connectivity index (χ1v) is 8.08. The molecule has 2 aromatic heterocycles. The number of thiazole rings is 1. The van der Waals surface area contributed by atoms with E-state index in [1.54, 1.807) is 6.92 Å². The van der Waals surface area contributed by atoms with Gasteiger partial charge in [-0.2, -0.15) is 0 Å². The fraction of sp³-hybridized carbons (Fsp3) is 0.118. The van der Waals surface area contributed by atoms with Crippen LogP contribution in [0.2, 0.25) is 0 Å². The third-order valence-electron chi connectivity index (χ3n) is 3.45. The number of benzene rings is 1. The Morgan fingerprint density at radius 3 is 2.75 bits per heavy atom. The molecule has 0 saturated heterocycles. The molecule has 6 nitrogen and oxygen atoms in total. The summed E-state index contributed by atoms with van der Waals surface area (Å²) in [6.45, 7) is 2.11. The maximum absolute atomic E-state index is 12.4. The van der Waals surface area contributed by atoms with Gasteiger partial charge in [-0.3, -0.25) is 9.59 Å². The molecule has 24 heavy (non-hydrogen) atoms. The van der Waals surface area contributed by atoms with Crippen LogP contribution >= 0.6 is 11.3 Å². The first-order chi connectivity index (χ1) is 11.6. The first-order valence-electron chi connectivity index (χ1n) is 7.27. The largest absolute Gasteiger partial charge is 0.507 e. The van der Waals surface area contributed by atoms with Gasteiger partial charge in [0.05, 0.1) is 5.69 Å². The van der Waals surface area contributed by atoms with E-state index in [1.807, 2.05) is 30.3 Å². The van der Waals surface area contributed by atoms with Gasteiger partial charge in [-0.25, -0.2) is 4.98 Å². The zero-order chi connectivity index (χ0) is 17.1. The molecule has 3 aromatic rings. The molecular weight excluding hydrogens is 326 g/mol. The van der Waals surface area contributed by atoms with Crippen LogP contribution in [0.5, 0.6) is 5.75 Å². The van der Waals surface area contributed by atoms with Crippen LogP contribution in [0.1, 0.15) is 20.9 Å². The van der Waals surface area contributed by atoms with Crippen LogP contribution < -0.4 is 10.9 Å². The maximum Gasteiger partial charge on any atom is 0.263 e. The van der Waals surface area contributed by atoms with Gasteiger partial charge in [0.15, 0.2) is 0 Å². The number of hydrogen-bond acceptors (Lipinski definition) is 5. The Balaban J connectivity index is 1.84. The summed E-state index contributed by atoms with van der Waals surface area (Å²) in [5.74, 6) is -0.421. The summed E-state index contributed by atoms with van der Waals surface area (Å²) in [5, 5.41) is 13.0. The summed E-state index contributed by atoms with van der Waals surface area (Å²) in [6, 6.07) is 10.9. The number of aromatic hydroxyl groups is 1. The van der Waals surface area contributed by atoms with Crippen LogP contribution in [0.25, 0.3) is 10.6 Å². The SMILES string of the molecule is Cc1nc(-c2c(O)cc[nH]c2=O)sc1C(=O)NCc1ccccc1. The summed E-state index contributed by atoms with van der Waals surface area (Å²) in [4.78, 5) is 31.4. The molecule has 2 heterocycles. The van der Waals surface area contributed by atoms with E-state index in [1.165, 1.54) is 12.3 Å². The number of aromatic amines is 1. The van der Waals surface area contributed by atoms with Crippen molar-refractivity contribution in [2.24, 2.45) is 0 Å². The predicted octanol–water partition coefficient (Wildman–Crippen LogP) is 2.44. The molecule has 0 aliphatic heterocycles. The van der Waals surface area contributed by atoms with Crippen molar-refractivity contribution < 1.29 is 9.90 Å². The van der Waals surface area contributed by atoms with E-state index < -0.39 is 5.56 Å². The minimum atomic E-state index is -0.444. The molecule has 0 spiro atoms. The Morgan fingerprint density at radius 2 is 2.04 bits per heavy atom. The van der Waals surface area contributed by atoms with Gasteiger partial charge in [0.1, 0.15) is 21.2 Å². The molecule has 1 aromatic carbocycles. The summed E-state index contributed by atoms with van der Waals surface area (Å²) < 4.78 is 0. The lowest BCUT2D eigenvalue weighted by Crippen LogP contribution is -2.22. The van der Waals surface area contributed by atoms with Crippen molar-refractivity contribution in [2.75, 3.05) is 0 Å². The van der Waals surface area contributed by atoms with Gasteiger partial charge >= 0.3 is 0 Å². The predicted molar refractivity (Wildman–Crippen MR) is 92.2 cm³/mol. The molecule has 122 valence electrons. The third kappa shape index (κ3) is 3.21. The van der Waals surface area contributed by atoms with Crippen molar-refractivity contribution >= 4 is 17.2 Å². The smallest absolute Gasteiger partial charge is 0.263 e. The van der Waals surface area contributed by atoms with Gasteiger partial charge in [0.2, 0.25) is 0 Å². The van der Waals surface area contributed by atoms with E-state index in [4.69, 9.17) is 0 Å². The summed E-state index contributed by atoms with van der Waals surface area (Å²) in [6.07, 6.45) is 1.36. The van der Waals surface area contributed by atoms with Gasteiger partial charge in [-0.1, -0.05) is 30.3 Å². The second kappa shape index (κ2) is 6.67. The van der Waals surface area contributed by atoms with Gasteiger partial charge in [0, 0.05) is 12.7 Å². The van der Waals surface area contributed by atoms with Crippen molar-refractivity contribution in [3.8, 4) is 16.3 Å². The molecule has 1 amide bonds. The highest BCUT2D eigenvalue weighted by Gasteiger charge is 2.19. The number of pyridine rings is 1. The maximum atomic E-state index is 12.4. The van der Waals surface area contributed by atoms with E-state index in [0.29, 0.717) is 22.1 Å². The Bertz CT molecular complexity index is 932. The lowest BCUT2D eigenvalue weighted by Gasteiger charge is -2.03. The summed E-state index contributed by atoms with van der Waals surface area (Å²) in [7, 11) is 0. The molecule has 7 heteroatoms. The Kier molecular flexibility index (Phi) is 4.43. The van der Waals surface area contributed by atoms with Gasteiger partial charge in [-0.05, 0) is 18.6 Å². The highest BCUT2D eigenvalue weighted by molar-refractivity contribution is 7.17. The minimum Gasteiger partial charge on any atom is -0.507 e. The normalized spacial score (nSPS) is 10.5. The molecule has 0 aliphatic carbocycles. The lowest BCUT2D eigenvalue weighted by molar-refractivity contribution is 0.0954. The highest BCUT2D eigenvalue weighted by atomic mass is 32.1. The topological polar surface area (TPSA) is 95.1 Å². The van der Waals surface area contributed by atoms with Crippen molar-refractivity contribution in [1.82, 2.24) is 15.3 Å². The number of H-pyrrole nitrogens is 1. The summed E-state index contributed by atoms with van der Waals surface area (Å²) in [5.41, 5.74) is 1.14. The number of nitrogens with zero attached hydrogens (tertiary/aromatic N) is 1. The minimum absolute atomic E-state index is 0.0766. The van der Waals surface area contributed by atoms with E-state index in [9.17, 15) is 14.7 Å². The first kappa shape index (κ1) is 15.9. The van der Waals surface area contributed by atoms with Crippen LogP contribution in [-0.4, -0.2) is 21.0 Å². The third-order valence-corrected chi connectivity index (χ3v) is 4.63. The quantitative estimate of drug-likeness (QED) is 0.679. The average Bonchev–Trinajstić information content (AvgIpc) is 2.95. The second-order valence-corrected chi connectivity index (χ2v) is 6.17. The number of nitrogens with one attached hydrogen (secondary N) is 2. The van der Waals surface area contributed by atoms with Crippen LogP contribution in [0.3, 0.4) is 0 Å². The zero-order valence-electron chi connectivity index (χ0n) is 12.9. The Morgan fingerprint density at radius 1 is 1.29 bits per heavy atom. The van der Waals surface area contributed by atoms with Crippen molar-refractivity contribution in [1.29, 1.82) is 0 Å². The molecule has 0 unspecified atom stereocenters. The van der Waals surface area contributed by atoms with Gasteiger partial charge in [-0.15, -0.1) is 11.3 Å². The lowest BCUT2D eigenvalue weighted by atomic mass is 10.2. The van der Waals surface area contributed by atoms with Crippen molar-refractivity contribution in [2.45, 2.75) is 13.5 Å². The standard InChI is InChI=1S/C17H15N3O3S/c1-10-14(16(23)19-9-11-5-3-2-4-6-11)24-17(20-10)13-12(21)7-8-18-15(13)22/h2-8H,9H2,1H3,(H,19,23)(H2,18,21,22). The Labute approximate surface area is 141 Å². The van der Waals surface area contributed by atoms with Crippen LogP contribution in [0.4, 0.5) is 0 Å². The number of aryl methyl sites for hydroxylation is 1. The molecule has 0 radical (unpaired) electrons. The number of hydrogen-bond donors (Lipinski definition) is 3. The summed E-state index contributed by atoms with van der Waals surface area (Å²) >= 11 is 1.08. The molecule has 0 bridgehead atoms. The van der Waals surface area contributed by atoms with Gasteiger partial charge < -0.3 is 15.4 Å². The number of amides is 1. The fourth-order valence-corrected chi connectivity index (χ4v) is 3.28. The number of carbonyl (C=O) groups is 1. The van der Waals surface area contributed by atoms with Crippen LogP contribution in [0, 0.1) is 6.92 Å². The average molecular weight is 341 g/mol. The van der Waals surface area contributed by atoms with Crippen LogP contribution in [-0.2, 0) is 6.54 Å². The van der Waals surface area contributed by atoms with Gasteiger partial charge in [0.25, 0.3) is 11.5 Å². The number of rotatable bonds is 4. The molecule has 3 N–H and O–H groups in total. The molecular formula is C17H15N3O3S. The Hall–Kier alpha value is -2.93. The van der Waals surface area contributed by atoms with Crippen LogP contribution in [0.15, 0.2) is 47.4 Å². The number of aromatic nitrogens is 2. The zero-order valence-corrected chi connectivity index (χ0v) is 13.7. The van der Waals surface area contributed by atoms with Crippen molar-refractivity contribution in [3.63, 3.8) is 0 Å². The van der Waals surface area contributed by atoms with E-state index >= 15 is 0 Å². The molecule has 0 atom stereocenters. The highest BCUT2D eigenvalue weighted by Crippen LogP contribution is 2.30. The molecule has 0 aliphatic rings. The monoisotopic (exact) mass is 341 g/mol. The number of carbonyl (C=O) groups excluding carboxylic acids is 1. The molecule has 3 rings (SSSR count). The van der Waals surface area contributed by atoms with E-state index in [2.05, 4.69) is 15.3 Å². The molecule has 0 saturated carbocycles. The van der Waals surface area contributed by atoms with E-state index in [0.717, 1.165) is 16.9 Å².